The number of rotatable bonds is 4. The van der Waals surface area contributed by atoms with Gasteiger partial charge >= 0.3 is 0 Å². The zero-order valence-electron chi connectivity index (χ0n) is 18.9. The molecule has 0 aliphatic heterocycles. The van der Waals surface area contributed by atoms with Gasteiger partial charge in [-0.25, -0.2) is 0 Å². The van der Waals surface area contributed by atoms with E-state index in [1.54, 1.807) is 11.1 Å². The summed E-state index contributed by atoms with van der Waals surface area (Å²) >= 11 is 0. The van der Waals surface area contributed by atoms with Crippen LogP contribution in [0.15, 0.2) is 65.8 Å². The Kier molecular flexibility index (Phi) is 4.51. The predicted molar refractivity (Wildman–Crippen MR) is 130 cm³/mol. The first-order valence-corrected chi connectivity index (χ1v) is 11.3. The van der Waals surface area contributed by atoms with E-state index in [1.807, 2.05) is 0 Å². The van der Waals surface area contributed by atoms with Crippen molar-refractivity contribution in [2.24, 2.45) is 5.41 Å². The summed E-state index contributed by atoms with van der Waals surface area (Å²) in [6, 6.07) is 11.5. The summed E-state index contributed by atoms with van der Waals surface area (Å²) in [5, 5.41) is 0. The van der Waals surface area contributed by atoms with E-state index in [0.717, 1.165) is 19.3 Å². The molecule has 0 heteroatoms. The second-order valence-corrected chi connectivity index (χ2v) is 10.3. The molecule has 3 aliphatic rings. The molecule has 0 saturated heterocycles. The molecule has 0 spiro atoms. The van der Waals surface area contributed by atoms with Gasteiger partial charge in [0.1, 0.15) is 0 Å². The molecule has 0 amide bonds. The van der Waals surface area contributed by atoms with E-state index >= 15 is 0 Å². The van der Waals surface area contributed by atoms with Crippen molar-refractivity contribution < 1.29 is 0 Å². The van der Waals surface area contributed by atoms with Crippen LogP contribution in [0.4, 0.5) is 0 Å². The molecule has 152 valence electrons. The summed E-state index contributed by atoms with van der Waals surface area (Å²) in [5.41, 5.74) is 16.2. The first kappa shape index (κ1) is 19.4. The van der Waals surface area contributed by atoms with Crippen LogP contribution >= 0.6 is 0 Å². The first-order chi connectivity index (χ1) is 14.3. The number of benzene rings is 2. The van der Waals surface area contributed by atoms with Gasteiger partial charge in [-0.05, 0) is 113 Å². The smallest absolute Gasteiger partial charge is 0.00136 e. The molecule has 2 aromatic rings. The molecule has 3 aliphatic carbocycles. The molecule has 0 aromatic heterocycles. The van der Waals surface area contributed by atoms with Crippen LogP contribution in [-0.2, 0) is 19.3 Å². The first-order valence-electron chi connectivity index (χ1n) is 11.3. The lowest BCUT2D eigenvalue weighted by Gasteiger charge is -2.16. The Morgan fingerprint density at radius 2 is 1.67 bits per heavy atom. The van der Waals surface area contributed by atoms with Crippen molar-refractivity contribution in [3.05, 3.63) is 105 Å². The third-order valence-corrected chi connectivity index (χ3v) is 7.13. The highest BCUT2D eigenvalue weighted by Crippen LogP contribution is 2.43. The molecule has 0 unspecified atom stereocenters. The van der Waals surface area contributed by atoms with Crippen LogP contribution in [0.5, 0.6) is 0 Å². The van der Waals surface area contributed by atoms with Gasteiger partial charge in [-0.2, -0.15) is 0 Å². The topological polar surface area (TPSA) is 0 Å². The van der Waals surface area contributed by atoms with Crippen LogP contribution in [0.25, 0.3) is 11.6 Å². The van der Waals surface area contributed by atoms with Crippen LogP contribution in [0.2, 0.25) is 0 Å². The van der Waals surface area contributed by atoms with E-state index in [-0.39, 0.29) is 0 Å². The minimum absolute atomic E-state index is 0.419. The van der Waals surface area contributed by atoms with Gasteiger partial charge in [0.05, 0.1) is 0 Å². The second kappa shape index (κ2) is 6.98. The Hall–Kier alpha value is -2.60. The van der Waals surface area contributed by atoms with Gasteiger partial charge in [-0.1, -0.05) is 69.0 Å². The van der Waals surface area contributed by atoms with Crippen molar-refractivity contribution in [2.45, 2.75) is 59.8 Å². The number of aryl methyl sites for hydroxylation is 2. The largest absolute Gasteiger partial charge is 0.0949 e. The minimum Gasteiger partial charge on any atom is -0.0949 e. The molecule has 0 atom stereocenters. The Labute approximate surface area is 181 Å². The highest BCUT2D eigenvalue weighted by Gasteiger charge is 2.30. The van der Waals surface area contributed by atoms with Crippen LogP contribution in [-0.4, -0.2) is 0 Å². The van der Waals surface area contributed by atoms with Gasteiger partial charge in [-0.3, -0.25) is 0 Å². The van der Waals surface area contributed by atoms with E-state index in [9.17, 15) is 0 Å². The fraction of sp³-hybridized carbons (Fsp3) is 0.333. The maximum atomic E-state index is 4.48. The highest BCUT2D eigenvalue weighted by molar-refractivity contribution is 5.77. The zero-order valence-corrected chi connectivity index (χ0v) is 18.9. The molecule has 0 bridgehead atoms. The predicted octanol–water partition coefficient (Wildman–Crippen LogP) is 7.73. The fourth-order valence-electron chi connectivity index (χ4n) is 5.84. The van der Waals surface area contributed by atoms with Crippen molar-refractivity contribution in [1.29, 1.82) is 0 Å². The number of allylic oxidation sites excluding steroid dienone is 6. The minimum atomic E-state index is 0.419. The summed E-state index contributed by atoms with van der Waals surface area (Å²) < 4.78 is 0. The van der Waals surface area contributed by atoms with Crippen molar-refractivity contribution in [1.82, 2.24) is 0 Å². The zero-order chi connectivity index (χ0) is 21.0. The van der Waals surface area contributed by atoms with E-state index in [0.29, 0.717) is 5.41 Å². The molecule has 5 rings (SSSR count). The van der Waals surface area contributed by atoms with Gasteiger partial charge in [0, 0.05) is 0 Å². The molecule has 30 heavy (non-hydrogen) atoms. The average molecular weight is 393 g/mol. The van der Waals surface area contributed by atoms with Gasteiger partial charge in [0.25, 0.3) is 0 Å². The van der Waals surface area contributed by atoms with E-state index in [2.05, 4.69) is 82.8 Å². The molecule has 0 heterocycles. The average Bonchev–Trinajstić information content (AvgIpc) is 3.34. The third kappa shape index (κ3) is 3.33. The normalized spacial score (nSPS) is 18.6. The molecule has 0 saturated carbocycles. The third-order valence-electron chi connectivity index (χ3n) is 7.13. The number of hydrogen-bond donors (Lipinski definition) is 0. The molecule has 0 radical (unpaired) electrons. The Balaban J connectivity index is 1.38. The van der Waals surface area contributed by atoms with Crippen molar-refractivity contribution in [3.63, 3.8) is 0 Å². The SMILES string of the molecule is C=C(CC1=CCC=C1C1=Cc2cc3c(cc2C1)CC(C)(C)C3)c1c(C)cccc1C. The second-order valence-electron chi connectivity index (χ2n) is 10.3. The van der Waals surface area contributed by atoms with Gasteiger partial charge in [0.15, 0.2) is 0 Å². The van der Waals surface area contributed by atoms with E-state index in [4.69, 9.17) is 0 Å². The lowest BCUT2D eigenvalue weighted by molar-refractivity contribution is 0.392. The van der Waals surface area contributed by atoms with Crippen molar-refractivity contribution >= 4 is 11.6 Å². The van der Waals surface area contributed by atoms with Crippen LogP contribution < -0.4 is 0 Å². The van der Waals surface area contributed by atoms with Gasteiger partial charge in [0.2, 0.25) is 0 Å². The van der Waals surface area contributed by atoms with Crippen LogP contribution in [0.3, 0.4) is 0 Å². The fourth-order valence-corrected chi connectivity index (χ4v) is 5.84. The van der Waals surface area contributed by atoms with Crippen molar-refractivity contribution in [2.75, 3.05) is 0 Å². The number of fused-ring (bicyclic) bond motifs is 2. The van der Waals surface area contributed by atoms with Crippen molar-refractivity contribution in [3.8, 4) is 0 Å². The summed E-state index contributed by atoms with van der Waals surface area (Å²) in [7, 11) is 0. The summed E-state index contributed by atoms with van der Waals surface area (Å²) in [4.78, 5) is 0. The van der Waals surface area contributed by atoms with Gasteiger partial charge in [-0.15, -0.1) is 0 Å². The van der Waals surface area contributed by atoms with E-state index in [1.165, 1.54) is 63.0 Å². The van der Waals surface area contributed by atoms with Gasteiger partial charge < -0.3 is 0 Å². The van der Waals surface area contributed by atoms with Crippen LogP contribution in [0.1, 0.15) is 65.6 Å². The number of hydrogen-bond acceptors (Lipinski definition) is 0. The molecule has 0 fully saturated rings. The molecule has 0 nitrogen and oxygen atoms in total. The molecular formula is C30H32. The highest BCUT2D eigenvalue weighted by atomic mass is 14.3. The Morgan fingerprint density at radius 3 is 2.40 bits per heavy atom. The summed E-state index contributed by atoms with van der Waals surface area (Å²) in [5.74, 6) is 0. The Morgan fingerprint density at radius 1 is 0.967 bits per heavy atom. The Bertz CT molecular complexity index is 1140. The maximum Gasteiger partial charge on any atom is -0.00136 e. The maximum absolute atomic E-state index is 4.48. The molecular weight excluding hydrogens is 360 g/mol. The summed E-state index contributed by atoms with van der Waals surface area (Å²) in [6.45, 7) is 13.7. The lowest BCUT2D eigenvalue weighted by atomic mass is 9.89. The summed E-state index contributed by atoms with van der Waals surface area (Å²) in [6.07, 6.45) is 12.8. The van der Waals surface area contributed by atoms with E-state index < -0.39 is 0 Å². The monoisotopic (exact) mass is 392 g/mol. The standard InChI is InChI=1S/C30H32/c1-19-8-6-9-20(2)29(19)21(3)12-22-10-7-11-28(22)25-13-23-15-26-17-30(4,5)18-27(26)16-24(23)14-25/h6,8-11,13,15-16H,3,7,12,14,17-18H2,1-2,4-5H3. The molecule has 2 aromatic carbocycles. The quantitative estimate of drug-likeness (QED) is 0.499. The molecule has 0 N–H and O–H groups in total. The lowest BCUT2D eigenvalue weighted by Crippen LogP contribution is -2.09. The van der Waals surface area contributed by atoms with Crippen LogP contribution in [0, 0.1) is 19.3 Å².